The molecule has 0 aliphatic heterocycles. The molecule has 2 aromatic rings. The van der Waals surface area contributed by atoms with Crippen molar-refractivity contribution in [2.45, 2.75) is 31.8 Å². The summed E-state index contributed by atoms with van der Waals surface area (Å²) in [6.07, 6.45) is 0. The molecule has 1 aromatic heterocycles. The van der Waals surface area contributed by atoms with Gasteiger partial charge in [-0.2, -0.15) is 0 Å². The summed E-state index contributed by atoms with van der Waals surface area (Å²) in [5, 5.41) is 9.55. The van der Waals surface area contributed by atoms with Gasteiger partial charge in [0.2, 0.25) is 0 Å². The van der Waals surface area contributed by atoms with Gasteiger partial charge < -0.3 is 5.11 Å². The number of sulfone groups is 1. The summed E-state index contributed by atoms with van der Waals surface area (Å²) in [6.45, 7) is 5.38. The lowest BCUT2D eigenvalue weighted by Crippen LogP contribution is -2.25. The zero-order chi connectivity index (χ0) is 15.8. The highest BCUT2D eigenvalue weighted by Crippen LogP contribution is 2.33. The first kappa shape index (κ1) is 16.0. The standard InChI is InChI=1S/C15H18O4S2/c1-9(2)10(3)21(18,19)8-12-11-6-4-5-7-13(11)20-14(12)15(16)17/h4-7,9-10H,8H2,1-3H3,(H,16,17). The van der Waals surface area contributed by atoms with Gasteiger partial charge in [-0.1, -0.05) is 32.0 Å². The molecule has 1 aromatic carbocycles. The third-order valence-electron chi connectivity index (χ3n) is 3.74. The number of aromatic carboxylic acids is 1. The summed E-state index contributed by atoms with van der Waals surface area (Å²) < 4.78 is 25.7. The van der Waals surface area contributed by atoms with Gasteiger partial charge in [0.15, 0.2) is 9.84 Å². The molecule has 6 heteroatoms. The fraction of sp³-hybridized carbons (Fsp3) is 0.400. The van der Waals surface area contributed by atoms with Gasteiger partial charge in [-0.15, -0.1) is 11.3 Å². The van der Waals surface area contributed by atoms with E-state index in [1.807, 2.05) is 26.0 Å². The molecule has 4 nitrogen and oxygen atoms in total. The Labute approximate surface area is 128 Å². The largest absolute Gasteiger partial charge is 0.477 e. The van der Waals surface area contributed by atoms with Crippen molar-refractivity contribution in [1.82, 2.24) is 0 Å². The second-order valence-corrected chi connectivity index (χ2v) is 8.88. The van der Waals surface area contributed by atoms with E-state index < -0.39 is 21.1 Å². The van der Waals surface area contributed by atoms with Crippen molar-refractivity contribution in [3.05, 3.63) is 34.7 Å². The molecule has 0 amide bonds. The summed E-state index contributed by atoms with van der Waals surface area (Å²) in [5.41, 5.74) is 0.413. The topological polar surface area (TPSA) is 71.4 Å². The lowest BCUT2D eigenvalue weighted by atomic mass is 10.1. The van der Waals surface area contributed by atoms with Gasteiger partial charge in [-0.25, -0.2) is 13.2 Å². The molecule has 0 saturated carbocycles. The average molecular weight is 326 g/mol. The highest BCUT2D eigenvalue weighted by Gasteiger charge is 2.28. The zero-order valence-corrected chi connectivity index (χ0v) is 13.8. The molecule has 0 aliphatic rings. The number of carbonyl (C=O) groups is 1. The van der Waals surface area contributed by atoms with Crippen LogP contribution in [0.15, 0.2) is 24.3 Å². The van der Waals surface area contributed by atoms with Crippen molar-refractivity contribution in [3.8, 4) is 0 Å². The second-order valence-electron chi connectivity index (χ2n) is 5.47. The third-order valence-corrected chi connectivity index (χ3v) is 7.31. The molecule has 0 radical (unpaired) electrons. The first-order valence-corrected chi connectivity index (χ1v) is 9.22. The van der Waals surface area contributed by atoms with Gasteiger partial charge in [0.05, 0.1) is 11.0 Å². The van der Waals surface area contributed by atoms with Crippen molar-refractivity contribution in [2.24, 2.45) is 5.92 Å². The van der Waals surface area contributed by atoms with Crippen molar-refractivity contribution in [2.75, 3.05) is 0 Å². The van der Waals surface area contributed by atoms with Gasteiger partial charge >= 0.3 is 5.97 Å². The molecule has 1 heterocycles. The van der Waals surface area contributed by atoms with Gasteiger partial charge in [0.1, 0.15) is 4.88 Å². The number of carboxylic acid groups (broad SMARTS) is 1. The fourth-order valence-electron chi connectivity index (χ4n) is 2.16. The van der Waals surface area contributed by atoms with Gasteiger partial charge in [0, 0.05) is 10.3 Å². The Balaban J connectivity index is 2.56. The van der Waals surface area contributed by atoms with E-state index in [1.54, 1.807) is 19.1 Å². The maximum atomic E-state index is 12.5. The first-order valence-electron chi connectivity index (χ1n) is 6.69. The first-order chi connectivity index (χ1) is 9.74. The van der Waals surface area contributed by atoms with Gasteiger partial charge in [-0.05, 0) is 24.3 Å². The van der Waals surface area contributed by atoms with E-state index in [1.165, 1.54) is 0 Å². The molecule has 1 N–H and O–H groups in total. The van der Waals surface area contributed by atoms with Crippen molar-refractivity contribution >= 4 is 37.2 Å². The molecule has 0 spiro atoms. The van der Waals surface area contributed by atoms with Gasteiger partial charge in [-0.3, -0.25) is 0 Å². The number of benzene rings is 1. The number of hydrogen-bond acceptors (Lipinski definition) is 4. The molecule has 1 atom stereocenters. The Hall–Kier alpha value is -1.40. The van der Waals surface area contributed by atoms with Gasteiger partial charge in [0.25, 0.3) is 0 Å². The Bertz CT molecular complexity index is 772. The normalized spacial score (nSPS) is 13.7. The lowest BCUT2D eigenvalue weighted by molar-refractivity contribution is 0.0701. The van der Waals surface area contributed by atoms with E-state index >= 15 is 0 Å². The smallest absolute Gasteiger partial charge is 0.346 e. The second kappa shape index (κ2) is 5.77. The minimum Gasteiger partial charge on any atom is -0.477 e. The predicted molar refractivity (Wildman–Crippen MR) is 85.7 cm³/mol. The van der Waals surface area contributed by atoms with E-state index in [9.17, 15) is 18.3 Å². The zero-order valence-electron chi connectivity index (χ0n) is 12.2. The predicted octanol–water partition coefficient (Wildman–Crippen LogP) is 3.56. The summed E-state index contributed by atoms with van der Waals surface area (Å²) in [4.78, 5) is 11.5. The number of thiophene rings is 1. The minimum absolute atomic E-state index is 0.00632. The van der Waals surface area contributed by atoms with Crippen LogP contribution in [0.3, 0.4) is 0 Å². The van der Waals surface area contributed by atoms with Crippen LogP contribution < -0.4 is 0 Å². The average Bonchev–Trinajstić information content (AvgIpc) is 2.76. The number of fused-ring (bicyclic) bond motifs is 1. The van der Waals surface area contributed by atoms with E-state index in [2.05, 4.69) is 0 Å². The molecular weight excluding hydrogens is 308 g/mol. The van der Waals surface area contributed by atoms with Crippen LogP contribution in [0.1, 0.15) is 36.0 Å². The highest BCUT2D eigenvalue weighted by atomic mass is 32.2. The molecule has 0 aliphatic carbocycles. The molecule has 2 rings (SSSR count). The summed E-state index contributed by atoms with van der Waals surface area (Å²) in [7, 11) is -3.39. The van der Waals surface area contributed by atoms with Crippen molar-refractivity contribution in [3.63, 3.8) is 0 Å². The maximum absolute atomic E-state index is 12.5. The Morgan fingerprint density at radius 1 is 1.24 bits per heavy atom. The lowest BCUT2D eigenvalue weighted by Gasteiger charge is -2.16. The van der Waals surface area contributed by atoms with Crippen LogP contribution in [-0.2, 0) is 15.6 Å². The van der Waals surface area contributed by atoms with Crippen LogP contribution in [-0.4, -0.2) is 24.7 Å². The molecular formula is C15H18O4S2. The van der Waals surface area contributed by atoms with Crippen LogP contribution in [0.25, 0.3) is 10.1 Å². The number of carboxylic acids is 1. The van der Waals surface area contributed by atoms with Crippen LogP contribution in [0.2, 0.25) is 0 Å². The van der Waals surface area contributed by atoms with E-state index in [4.69, 9.17) is 0 Å². The van der Waals surface area contributed by atoms with E-state index in [0.29, 0.717) is 5.56 Å². The Morgan fingerprint density at radius 2 is 1.86 bits per heavy atom. The molecule has 1 unspecified atom stereocenters. The monoisotopic (exact) mass is 326 g/mol. The maximum Gasteiger partial charge on any atom is 0.346 e. The SMILES string of the molecule is CC(C)C(C)S(=O)(=O)Cc1c(C(=O)O)sc2ccccc12. The minimum atomic E-state index is -3.39. The molecule has 0 fully saturated rings. The summed E-state index contributed by atoms with van der Waals surface area (Å²) >= 11 is 1.13. The molecule has 21 heavy (non-hydrogen) atoms. The fourth-order valence-corrected chi connectivity index (χ4v) is 5.11. The van der Waals surface area contributed by atoms with E-state index in [0.717, 1.165) is 21.4 Å². The molecule has 0 saturated heterocycles. The third kappa shape index (κ3) is 3.11. The summed E-state index contributed by atoms with van der Waals surface area (Å²) in [6, 6.07) is 7.21. The molecule has 0 bridgehead atoms. The Morgan fingerprint density at radius 3 is 2.43 bits per heavy atom. The van der Waals surface area contributed by atoms with Crippen LogP contribution in [0.4, 0.5) is 0 Å². The summed E-state index contributed by atoms with van der Waals surface area (Å²) in [5.74, 6) is -1.30. The number of hydrogen-bond donors (Lipinski definition) is 1. The van der Waals surface area contributed by atoms with E-state index in [-0.39, 0.29) is 16.5 Å². The van der Waals surface area contributed by atoms with Crippen molar-refractivity contribution < 1.29 is 18.3 Å². The Kier molecular flexibility index (Phi) is 4.39. The van der Waals surface area contributed by atoms with Crippen LogP contribution in [0.5, 0.6) is 0 Å². The number of rotatable bonds is 5. The van der Waals surface area contributed by atoms with Crippen LogP contribution in [0, 0.1) is 5.92 Å². The van der Waals surface area contributed by atoms with Crippen molar-refractivity contribution in [1.29, 1.82) is 0 Å². The highest BCUT2D eigenvalue weighted by molar-refractivity contribution is 7.91. The molecule has 114 valence electrons. The van der Waals surface area contributed by atoms with Crippen LogP contribution >= 0.6 is 11.3 Å². The quantitative estimate of drug-likeness (QED) is 0.912.